The van der Waals surface area contributed by atoms with E-state index in [0.29, 0.717) is 29.5 Å². The number of amides is 1. The van der Waals surface area contributed by atoms with Gasteiger partial charge in [-0.1, -0.05) is 23.4 Å². The standard InChI is InChI=1S/C21H22N4O3S/c1-14(26)16-4-2-5-17(12-16)22-21(27)15-7-9-25(10-8-15)13-19-23-20(24-28-19)18-6-3-11-29-18/h2-6,11-12,15H,7-10,13H2,1H3,(H,22,27). The van der Waals surface area contributed by atoms with Gasteiger partial charge in [-0.3, -0.25) is 14.5 Å². The average Bonchev–Trinajstić information content (AvgIpc) is 3.40. The number of benzene rings is 1. The van der Waals surface area contributed by atoms with Gasteiger partial charge in [0.25, 0.3) is 0 Å². The Morgan fingerprint density at radius 3 is 2.79 bits per heavy atom. The topological polar surface area (TPSA) is 88.3 Å². The lowest BCUT2D eigenvalue weighted by molar-refractivity contribution is -0.121. The Labute approximate surface area is 172 Å². The molecule has 0 aliphatic carbocycles. The van der Waals surface area contributed by atoms with Crippen molar-refractivity contribution >= 4 is 28.7 Å². The number of carbonyl (C=O) groups excluding carboxylic acids is 2. The molecule has 1 fully saturated rings. The molecular weight excluding hydrogens is 388 g/mol. The summed E-state index contributed by atoms with van der Waals surface area (Å²) in [7, 11) is 0. The second-order valence-corrected chi connectivity index (χ2v) is 8.11. The number of likely N-dealkylation sites (tertiary alicyclic amines) is 1. The number of aromatic nitrogens is 2. The van der Waals surface area contributed by atoms with Crippen LogP contribution in [-0.4, -0.2) is 39.8 Å². The van der Waals surface area contributed by atoms with Crippen LogP contribution in [0.1, 0.15) is 36.0 Å². The van der Waals surface area contributed by atoms with E-state index in [0.717, 1.165) is 30.8 Å². The third kappa shape index (κ3) is 4.78. The lowest BCUT2D eigenvalue weighted by Crippen LogP contribution is -2.37. The van der Waals surface area contributed by atoms with Crippen LogP contribution in [0.2, 0.25) is 0 Å². The number of piperidine rings is 1. The molecule has 150 valence electrons. The van der Waals surface area contributed by atoms with Crippen LogP contribution in [0.5, 0.6) is 0 Å². The average molecular weight is 410 g/mol. The lowest BCUT2D eigenvalue weighted by atomic mass is 9.95. The molecule has 1 N–H and O–H groups in total. The summed E-state index contributed by atoms with van der Waals surface area (Å²) in [6.07, 6.45) is 1.54. The minimum Gasteiger partial charge on any atom is -0.338 e. The highest BCUT2D eigenvalue weighted by Crippen LogP contribution is 2.24. The molecule has 0 unspecified atom stereocenters. The zero-order valence-corrected chi connectivity index (χ0v) is 16.9. The van der Waals surface area contributed by atoms with E-state index in [9.17, 15) is 9.59 Å². The molecule has 1 saturated heterocycles. The monoisotopic (exact) mass is 410 g/mol. The highest BCUT2D eigenvalue weighted by Gasteiger charge is 2.26. The van der Waals surface area contributed by atoms with Gasteiger partial charge in [0.15, 0.2) is 5.78 Å². The van der Waals surface area contributed by atoms with E-state index in [1.54, 1.807) is 35.6 Å². The normalized spacial score (nSPS) is 15.3. The summed E-state index contributed by atoms with van der Waals surface area (Å²) >= 11 is 1.58. The number of Topliss-reactive ketones (excluding diaryl/α,β-unsaturated/α-hetero) is 1. The van der Waals surface area contributed by atoms with Crippen molar-refractivity contribution in [1.29, 1.82) is 0 Å². The quantitative estimate of drug-likeness (QED) is 0.621. The molecule has 1 aromatic carbocycles. The van der Waals surface area contributed by atoms with E-state index in [4.69, 9.17) is 4.52 Å². The van der Waals surface area contributed by atoms with Crippen LogP contribution >= 0.6 is 11.3 Å². The molecule has 7 nitrogen and oxygen atoms in total. The zero-order chi connectivity index (χ0) is 20.2. The molecular formula is C21H22N4O3S. The minimum absolute atomic E-state index is 0.00289. The molecule has 0 bridgehead atoms. The van der Waals surface area contributed by atoms with Crippen molar-refractivity contribution in [2.75, 3.05) is 18.4 Å². The molecule has 1 aliphatic rings. The Morgan fingerprint density at radius 1 is 1.24 bits per heavy atom. The first kappa shape index (κ1) is 19.5. The summed E-state index contributed by atoms with van der Waals surface area (Å²) < 4.78 is 5.37. The summed E-state index contributed by atoms with van der Waals surface area (Å²) in [5.41, 5.74) is 1.26. The summed E-state index contributed by atoms with van der Waals surface area (Å²) in [5.74, 6) is 1.16. The molecule has 3 heterocycles. The highest BCUT2D eigenvalue weighted by molar-refractivity contribution is 7.13. The fourth-order valence-electron chi connectivity index (χ4n) is 3.43. The van der Waals surface area contributed by atoms with Gasteiger partial charge < -0.3 is 9.84 Å². The predicted octanol–water partition coefficient (Wildman–Crippen LogP) is 3.85. The van der Waals surface area contributed by atoms with Gasteiger partial charge in [-0.2, -0.15) is 4.98 Å². The number of carbonyl (C=O) groups is 2. The molecule has 3 aromatic rings. The molecule has 2 aromatic heterocycles. The van der Waals surface area contributed by atoms with Gasteiger partial charge in [0.2, 0.25) is 17.6 Å². The Balaban J connectivity index is 1.28. The van der Waals surface area contributed by atoms with Crippen molar-refractivity contribution in [1.82, 2.24) is 15.0 Å². The maximum absolute atomic E-state index is 12.6. The molecule has 1 amide bonds. The maximum atomic E-state index is 12.6. The Bertz CT molecular complexity index is 991. The van der Waals surface area contributed by atoms with E-state index < -0.39 is 0 Å². The largest absolute Gasteiger partial charge is 0.338 e. The summed E-state index contributed by atoms with van der Waals surface area (Å²) in [6, 6.07) is 11.0. The number of nitrogens with zero attached hydrogens (tertiary/aromatic N) is 3. The number of rotatable bonds is 6. The van der Waals surface area contributed by atoms with E-state index in [1.165, 1.54) is 6.92 Å². The van der Waals surface area contributed by atoms with Gasteiger partial charge >= 0.3 is 0 Å². The van der Waals surface area contributed by atoms with Crippen molar-refractivity contribution in [3.8, 4) is 10.7 Å². The van der Waals surface area contributed by atoms with E-state index in [-0.39, 0.29) is 17.6 Å². The van der Waals surface area contributed by atoms with Crippen LogP contribution in [0, 0.1) is 5.92 Å². The number of hydrogen-bond acceptors (Lipinski definition) is 7. The fourth-order valence-corrected chi connectivity index (χ4v) is 4.08. The van der Waals surface area contributed by atoms with Crippen LogP contribution in [0.15, 0.2) is 46.3 Å². The number of ketones is 1. The predicted molar refractivity (Wildman–Crippen MR) is 111 cm³/mol. The van der Waals surface area contributed by atoms with E-state index in [2.05, 4.69) is 20.4 Å². The number of nitrogens with one attached hydrogen (secondary N) is 1. The molecule has 8 heteroatoms. The number of anilines is 1. The van der Waals surface area contributed by atoms with Gasteiger partial charge in [0.05, 0.1) is 11.4 Å². The summed E-state index contributed by atoms with van der Waals surface area (Å²) in [5, 5.41) is 8.97. The second kappa shape index (κ2) is 8.67. The Kier molecular flexibility index (Phi) is 5.82. The lowest BCUT2D eigenvalue weighted by Gasteiger charge is -2.30. The zero-order valence-electron chi connectivity index (χ0n) is 16.1. The molecule has 4 rings (SSSR count). The van der Waals surface area contributed by atoms with E-state index in [1.807, 2.05) is 17.5 Å². The first-order chi connectivity index (χ1) is 14.1. The molecule has 0 radical (unpaired) electrons. The van der Waals surface area contributed by atoms with Crippen LogP contribution in [0.4, 0.5) is 5.69 Å². The SMILES string of the molecule is CC(=O)c1cccc(NC(=O)C2CCN(Cc3nc(-c4cccs4)no3)CC2)c1. The van der Waals surface area contributed by atoms with Gasteiger partial charge in [-0.15, -0.1) is 11.3 Å². The van der Waals surface area contributed by atoms with Gasteiger partial charge in [-0.25, -0.2) is 0 Å². The van der Waals surface area contributed by atoms with Crippen molar-refractivity contribution < 1.29 is 14.1 Å². The maximum Gasteiger partial charge on any atom is 0.241 e. The van der Waals surface area contributed by atoms with Crippen molar-refractivity contribution in [3.05, 3.63) is 53.2 Å². The van der Waals surface area contributed by atoms with Crippen LogP contribution in [0.3, 0.4) is 0 Å². The van der Waals surface area contributed by atoms with Crippen LogP contribution < -0.4 is 5.32 Å². The van der Waals surface area contributed by atoms with Crippen LogP contribution in [-0.2, 0) is 11.3 Å². The number of hydrogen-bond donors (Lipinski definition) is 1. The second-order valence-electron chi connectivity index (χ2n) is 7.17. The summed E-state index contributed by atoms with van der Waals surface area (Å²) in [6.45, 7) is 3.70. The Morgan fingerprint density at radius 2 is 2.07 bits per heavy atom. The minimum atomic E-state index is -0.0448. The third-order valence-electron chi connectivity index (χ3n) is 5.06. The van der Waals surface area contributed by atoms with Crippen LogP contribution in [0.25, 0.3) is 10.7 Å². The van der Waals surface area contributed by atoms with Crippen molar-refractivity contribution in [3.63, 3.8) is 0 Å². The molecule has 0 atom stereocenters. The van der Waals surface area contributed by atoms with Gasteiger partial charge in [-0.05, 0) is 56.4 Å². The third-order valence-corrected chi connectivity index (χ3v) is 5.93. The number of thiophene rings is 1. The Hall–Kier alpha value is -2.84. The molecule has 29 heavy (non-hydrogen) atoms. The highest BCUT2D eigenvalue weighted by atomic mass is 32.1. The summed E-state index contributed by atoms with van der Waals surface area (Å²) in [4.78, 5) is 31.8. The smallest absolute Gasteiger partial charge is 0.241 e. The molecule has 0 saturated carbocycles. The molecule has 1 aliphatic heterocycles. The van der Waals surface area contributed by atoms with Gasteiger partial charge in [0, 0.05) is 17.2 Å². The molecule has 0 spiro atoms. The van der Waals surface area contributed by atoms with Gasteiger partial charge in [0.1, 0.15) is 0 Å². The fraction of sp³-hybridized carbons (Fsp3) is 0.333. The van der Waals surface area contributed by atoms with Crippen molar-refractivity contribution in [2.45, 2.75) is 26.3 Å². The first-order valence-corrected chi connectivity index (χ1v) is 10.5. The van der Waals surface area contributed by atoms with Crippen molar-refractivity contribution in [2.24, 2.45) is 5.92 Å². The first-order valence-electron chi connectivity index (χ1n) is 9.59. The van der Waals surface area contributed by atoms with E-state index >= 15 is 0 Å².